The highest BCUT2D eigenvalue weighted by atomic mass is 35.5. The summed E-state index contributed by atoms with van der Waals surface area (Å²) in [7, 11) is 0.237. The molecule has 6 rings (SSSR count). The number of aryl methyl sites for hydroxylation is 1. The summed E-state index contributed by atoms with van der Waals surface area (Å²) in [6, 6.07) is 11.7. The van der Waals surface area contributed by atoms with E-state index in [1.54, 1.807) is 13.2 Å². The summed E-state index contributed by atoms with van der Waals surface area (Å²) in [6.07, 6.45) is 9.97. The van der Waals surface area contributed by atoms with Gasteiger partial charge in [0.15, 0.2) is 0 Å². The van der Waals surface area contributed by atoms with Crippen LogP contribution in [0.25, 0.3) is 0 Å². The van der Waals surface area contributed by atoms with Gasteiger partial charge in [-0.3, -0.25) is 4.79 Å². The molecule has 2 heterocycles. The molecule has 4 aliphatic rings. The number of methoxy groups -OCH3 is 1. The molecule has 202 valence electrons. The van der Waals surface area contributed by atoms with Crippen LogP contribution >= 0.6 is 11.6 Å². The zero-order valence-corrected chi connectivity index (χ0v) is 23.3. The average molecular weight is 554 g/mol. The van der Waals surface area contributed by atoms with E-state index in [0.29, 0.717) is 42.7 Å². The Bertz CT molecular complexity index is 1350. The third-order valence-corrected chi connectivity index (χ3v) is 9.89. The monoisotopic (exact) mass is 553 g/mol. The highest BCUT2D eigenvalue weighted by Gasteiger charge is 2.80. The van der Waals surface area contributed by atoms with Crippen LogP contribution in [0.15, 0.2) is 52.9 Å². The van der Waals surface area contributed by atoms with Gasteiger partial charge in [-0.15, -0.1) is 0 Å². The molecule has 2 aromatic rings. The number of anilines is 1. The van der Waals surface area contributed by atoms with Crippen LogP contribution in [0.1, 0.15) is 53.6 Å². The van der Waals surface area contributed by atoms with Crippen LogP contribution in [0.5, 0.6) is 5.75 Å². The van der Waals surface area contributed by atoms with Crippen LogP contribution < -0.4 is 9.64 Å². The zero-order chi connectivity index (χ0) is 26.3. The van der Waals surface area contributed by atoms with Crippen molar-refractivity contribution in [3.8, 4) is 5.75 Å². The molecule has 38 heavy (non-hydrogen) atoms. The number of allylic oxidation sites excluding steroid dienone is 1. The Morgan fingerprint density at radius 3 is 2.89 bits per heavy atom. The maximum Gasteiger partial charge on any atom is 0.254 e. The van der Waals surface area contributed by atoms with Gasteiger partial charge in [-0.05, 0) is 90.8 Å². The Balaban J connectivity index is 1.44. The number of hydrogen-bond donors (Lipinski definition) is 0. The molecule has 2 aromatic carbocycles. The Morgan fingerprint density at radius 1 is 1.16 bits per heavy atom. The van der Waals surface area contributed by atoms with E-state index in [4.69, 9.17) is 21.1 Å². The van der Waals surface area contributed by atoms with Crippen molar-refractivity contribution in [1.29, 1.82) is 0 Å². The molecule has 0 aromatic heterocycles. The van der Waals surface area contributed by atoms with Gasteiger partial charge < -0.3 is 22.9 Å². The Hall–Kier alpha value is -2.35. The van der Waals surface area contributed by atoms with Crippen LogP contribution in [0.3, 0.4) is 0 Å². The van der Waals surface area contributed by atoms with E-state index in [1.165, 1.54) is 17.5 Å². The van der Waals surface area contributed by atoms with Gasteiger partial charge in [-0.25, -0.2) is 0 Å². The van der Waals surface area contributed by atoms with E-state index >= 15 is 0 Å². The number of hydrogen-bond acceptors (Lipinski definition) is 6. The molecule has 1 unspecified atom stereocenters. The minimum atomic E-state index is -1.56. The number of rotatable bonds is 1. The van der Waals surface area contributed by atoms with Crippen LogP contribution in [0, 0.1) is 17.3 Å². The number of benzene rings is 2. The van der Waals surface area contributed by atoms with E-state index in [0.717, 1.165) is 48.7 Å². The number of carbonyl (C=O) groups excluding carboxylic acids is 1. The van der Waals surface area contributed by atoms with Crippen LogP contribution in [-0.4, -0.2) is 38.0 Å². The smallest absolute Gasteiger partial charge is 0.254 e. The molecular weight excluding hydrogens is 520 g/mol. The average Bonchev–Trinajstić information content (AvgIpc) is 3.77. The zero-order valence-electron chi connectivity index (χ0n) is 21.7. The van der Waals surface area contributed by atoms with E-state index in [-0.39, 0.29) is 11.5 Å². The topological polar surface area (TPSA) is 68.2 Å². The van der Waals surface area contributed by atoms with Crippen molar-refractivity contribution in [2.45, 2.75) is 51.2 Å². The van der Waals surface area contributed by atoms with Gasteiger partial charge >= 0.3 is 0 Å². The minimum Gasteiger partial charge on any atom is -0.491 e. The summed E-state index contributed by atoms with van der Waals surface area (Å²) in [4.78, 5) is 15.4. The van der Waals surface area contributed by atoms with Crippen molar-refractivity contribution >= 4 is 33.8 Å². The normalized spacial score (nSPS) is 30.4. The predicted octanol–water partition coefficient (Wildman–Crippen LogP) is 6.35. The third kappa shape index (κ3) is 5.13. The maximum atomic E-state index is 13.0. The highest BCUT2D eigenvalue weighted by Crippen LogP contribution is 2.81. The summed E-state index contributed by atoms with van der Waals surface area (Å²) in [6.45, 7) is 2.15. The SMILES string of the molecule is CO[C@H]1/C=C/CCC[S-](=O)=NC(=O)c2ccc3c(c2)N(Cc2ccc(Cl)cc2CCCCO3)C[C@@]23CC2[C@@H]13. The molecule has 1 amide bonds. The number of ether oxygens (including phenoxy) is 2. The molecule has 2 fully saturated rings. The Labute approximate surface area is 231 Å². The van der Waals surface area contributed by atoms with Crippen molar-refractivity contribution in [3.05, 3.63) is 70.3 Å². The summed E-state index contributed by atoms with van der Waals surface area (Å²) in [5, 5.41) is 0.753. The van der Waals surface area contributed by atoms with Crippen molar-refractivity contribution in [2.75, 3.05) is 30.9 Å². The second-order valence-electron chi connectivity index (χ2n) is 11.0. The van der Waals surface area contributed by atoms with Gasteiger partial charge in [0.25, 0.3) is 5.91 Å². The van der Waals surface area contributed by atoms with Gasteiger partial charge in [-0.2, -0.15) is 10.6 Å². The molecule has 6 nitrogen and oxygen atoms in total. The summed E-state index contributed by atoms with van der Waals surface area (Å²) in [5.74, 6) is 1.82. The Morgan fingerprint density at radius 2 is 2.05 bits per heavy atom. The van der Waals surface area contributed by atoms with Crippen molar-refractivity contribution in [1.82, 2.24) is 0 Å². The third-order valence-electron chi connectivity index (χ3n) is 8.65. The summed E-state index contributed by atoms with van der Waals surface area (Å²) in [5.41, 5.74) is 4.05. The van der Waals surface area contributed by atoms with Gasteiger partial charge in [0.05, 0.1) is 18.4 Å². The lowest BCUT2D eigenvalue weighted by Gasteiger charge is -2.31. The number of amides is 1. The number of carbonyl (C=O) groups is 1. The van der Waals surface area contributed by atoms with E-state index in [2.05, 4.69) is 33.5 Å². The minimum absolute atomic E-state index is 0.0792. The molecule has 2 saturated carbocycles. The number of halogens is 1. The second-order valence-corrected chi connectivity index (χ2v) is 12.7. The van der Waals surface area contributed by atoms with Crippen LogP contribution in [-0.2, 0) is 32.5 Å². The molecule has 4 atom stereocenters. The predicted molar refractivity (Wildman–Crippen MR) is 150 cm³/mol. The van der Waals surface area contributed by atoms with Crippen molar-refractivity contribution in [2.24, 2.45) is 21.6 Å². The maximum absolute atomic E-state index is 13.0. The molecule has 8 heteroatoms. The van der Waals surface area contributed by atoms with Gasteiger partial charge in [0.1, 0.15) is 5.75 Å². The molecule has 2 bridgehead atoms. The van der Waals surface area contributed by atoms with Crippen molar-refractivity contribution < 1.29 is 18.5 Å². The fourth-order valence-corrected chi connectivity index (χ4v) is 7.38. The first kappa shape index (κ1) is 25.9. The van der Waals surface area contributed by atoms with E-state index in [9.17, 15) is 9.00 Å². The molecular formula is C30H34ClN2O4S-. The molecule has 0 radical (unpaired) electrons. The molecule has 2 aliphatic carbocycles. The lowest BCUT2D eigenvalue weighted by atomic mass is 9.97. The Kier molecular flexibility index (Phi) is 7.27. The van der Waals surface area contributed by atoms with E-state index in [1.807, 2.05) is 18.2 Å². The molecule has 2 aliphatic heterocycles. The lowest BCUT2D eigenvalue weighted by Crippen LogP contribution is -2.31. The fourth-order valence-electron chi connectivity index (χ4n) is 6.39. The second kappa shape index (κ2) is 10.7. The summed E-state index contributed by atoms with van der Waals surface area (Å²) < 4.78 is 28.8. The number of fused-ring (bicyclic) bond motifs is 3. The number of nitrogens with zero attached hydrogens (tertiary/aromatic N) is 2. The first-order valence-electron chi connectivity index (χ1n) is 13.6. The van der Waals surface area contributed by atoms with Gasteiger partial charge in [0, 0.05) is 30.8 Å². The highest BCUT2D eigenvalue weighted by molar-refractivity contribution is 7.75. The molecule has 0 N–H and O–H groups in total. The first-order valence-corrected chi connectivity index (χ1v) is 15.3. The fraction of sp³-hybridized carbons (Fsp3) is 0.500. The van der Waals surface area contributed by atoms with E-state index < -0.39 is 16.5 Å². The molecule has 0 saturated heterocycles. The quantitative estimate of drug-likeness (QED) is 0.304. The largest absolute Gasteiger partial charge is 0.491 e. The van der Waals surface area contributed by atoms with Crippen molar-refractivity contribution in [3.63, 3.8) is 0 Å². The lowest BCUT2D eigenvalue weighted by molar-refractivity contribution is 0.0966. The van der Waals surface area contributed by atoms with Gasteiger partial charge in [-0.1, -0.05) is 42.0 Å². The summed E-state index contributed by atoms with van der Waals surface area (Å²) >= 11 is 6.40. The van der Waals surface area contributed by atoms with Crippen LogP contribution in [0.4, 0.5) is 5.69 Å². The van der Waals surface area contributed by atoms with Crippen LogP contribution in [0.2, 0.25) is 5.02 Å². The first-order chi connectivity index (χ1) is 18.5. The van der Waals surface area contributed by atoms with Gasteiger partial charge in [0.2, 0.25) is 0 Å². The molecule has 1 spiro atoms. The standard InChI is InChI=1S/C30H34ClN2O4S/c1-36-27-8-3-2-6-14-38(35)32-29(34)21-10-12-26-25(16-21)33(19-30-17-24(30)28(27)30)18-22-9-11-23(31)15-20(22)7-4-5-13-37-26/h3,8-12,15-16,24,27-28H,2,4-7,13-14,17-19H2,1H3/q-1/b8-3+/t24?,27-,28-,30-/m0/s1.